The molecule has 2 aliphatic heterocycles. The van der Waals surface area contributed by atoms with Crippen LogP contribution in [0.5, 0.6) is 0 Å². The van der Waals surface area contributed by atoms with E-state index in [0.29, 0.717) is 5.54 Å². The Hall–Kier alpha value is -2.47. The molecule has 2 aliphatic rings. The van der Waals surface area contributed by atoms with E-state index in [-0.39, 0.29) is 0 Å². The molecule has 1 spiro atoms. The Bertz CT molecular complexity index is 882. The third-order valence-corrected chi connectivity index (χ3v) is 6.11. The Kier molecular flexibility index (Phi) is 3.85. The molecular weight excluding hydrogens is 324 g/mol. The van der Waals surface area contributed by atoms with E-state index in [1.54, 1.807) is 6.33 Å². The molecule has 3 aromatic rings. The van der Waals surface area contributed by atoms with Gasteiger partial charge in [0, 0.05) is 37.1 Å². The van der Waals surface area contributed by atoms with Crippen LogP contribution in [0.3, 0.4) is 0 Å². The number of likely N-dealkylation sites (tertiary alicyclic amines) is 1. The second-order valence-electron chi connectivity index (χ2n) is 7.53. The zero-order valence-electron chi connectivity index (χ0n) is 14.9. The summed E-state index contributed by atoms with van der Waals surface area (Å²) in [5.41, 5.74) is 3.50. The quantitative estimate of drug-likeness (QED) is 0.788. The summed E-state index contributed by atoms with van der Waals surface area (Å²) in [6.45, 7) is 4.27. The smallest absolute Gasteiger partial charge is 0.147 e. The first-order valence-electron chi connectivity index (χ1n) is 9.52. The van der Waals surface area contributed by atoms with Gasteiger partial charge in [0.05, 0.1) is 23.6 Å². The van der Waals surface area contributed by atoms with Gasteiger partial charge in [0.25, 0.3) is 0 Å². The molecule has 6 heteroatoms. The van der Waals surface area contributed by atoms with Gasteiger partial charge in [-0.25, -0.2) is 9.97 Å². The standard InChI is InChI=1S/C20H24N6/c1-2-5-18-17(4-1)22-13-19(24-18)25-10-7-20(8-11-25)6-3-9-26(20)14-16-12-21-15-23-16/h1-2,4-5,12-13,15H,3,6-11,14H2,(H,21,23). The van der Waals surface area contributed by atoms with Crippen LogP contribution in [-0.4, -0.2) is 50.0 Å². The number of piperidine rings is 1. The Morgan fingerprint density at radius 3 is 2.65 bits per heavy atom. The number of imidazole rings is 1. The Labute approximate surface area is 153 Å². The highest BCUT2D eigenvalue weighted by molar-refractivity contribution is 5.75. The second-order valence-corrected chi connectivity index (χ2v) is 7.53. The van der Waals surface area contributed by atoms with Gasteiger partial charge in [-0.15, -0.1) is 0 Å². The van der Waals surface area contributed by atoms with Crippen molar-refractivity contribution in [3.8, 4) is 0 Å². The molecule has 134 valence electrons. The van der Waals surface area contributed by atoms with Crippen LogP contribution in [0.1, 0.15) is 31.4 Å². The summed E-state index contributed by atoms with van der Waals surface area (Å²) in [5.74, 6) is 1.01. The molecule has 6 nitrogen and oxygen atoms in total. The maximum Gasteiger partial charge on any atom is 0.147 e. The summed E-state index contributed by atoms with van der Waals surface area (Å²) in [4.78, 5) is 21.9. The highest BCUT2D eigenvalue weighted by Gasteiger charge is 2.43. The van der Waals surface area contributed by atoms with Crippen molar-refractivity contribution in [2.45, 2.75) is 37.8 Å². The van der Waals surface area contributed by atoms with E-state index in [9.17, 15) is 0 Å². The molecule has 0 saturated carbocycles. The fourth-order valence-corrected chi connectivity index (χ4v) is 4.64. The van der Waals surface area contributed by atoms with Gasteiger partial charge in [-0.05, 0) is 44.4 Å². The zero-order valence-corrected chi connectivity index (χ0v) is 14.9. The van der Waals surface area contributed by atoms with Gasteiger partial charge < -0.3 is 9.88 Å². The minimum Gasteiger partial charge on any atom is -0.355 e. The van der Waals surface area contributed by atoms with Gasteiger partial charge in [-0.3, -0.25) is 9.88 Å². The number of anilines is 1. The molecule has 0 radical (unpaired) electrons. The lowest BCUT2D eigenvalue weighted by Crippen LogP contribution is -2.52. The van der Waals surface area contributed by atoms with Gasteiger partial charge in [-0.1, -0.05) is 12.1 Å². The van der Waals surface area contributed by atoms with Crippen molar-refractivity contribution < 1.29 is 0 Å². The highest BCUT2D eigenvalue weighted by Crippen LogP contribution is 2.39. The molecular formula is C20H24N6. The normalized spacial score (nSPS) is 20.2. The number of hydrogen-bond donors (Lipinski definition) is 1. The summed E-state index contributed by atoms with van der Waals surface area (Å²) in [6.07, 6.45) is 10.6. The first-order valence-corrected chi connectivity index (χ1v) is 9.52. The summed E-state index contributed by atoms with van der Waals surface area (Å²) in [7, 11) is 0. The predicted molar refractivity (Wildman–Crippen MR) is 102 cm³/mol. The monoisotopic (exact) mass is 348 g/mol. The fraction of sp³-hybridized carbons (Fsp3) is 0.450. The second kappa shape index (κ2) is 6.36. The van der Waals surface area contributed by atoms with Crippen molar-refractivity contribution in [1.82, 2.24) is 24.8 Å². The van der Waals surface area contributed by atoms with Crippen molar-refractivity contribution in [3.63, 3.8) is 0 Å². The van der Waals surface area contributed by atoms with E-state index in [1.165, 1.54) is 37.9 Å². The zero-order chi connectivity index (χ0) is 17.4. The van der Waals surface area contributed by atoms with Crippen LogP contribution in [0, 0.1) is 0 Å². The number of para-hydroxylation sites is 2. The molecule has 1 N–H and O–H groups in total. The van der Waals surface area contributed by atoms with E-state index in [1.807, 2.05) is 36.7 Å². The van der Waals surface area contributed by atoms with Crippen molar-refractivity contribution in [2.24, 2.45) is 0 Å². The Balaban J connectivity index is 1.31. The van der Waals surface area contributed by atoms with Crippen LogP contribution in [0.25, 0.3) is 11.0 Å². The van der Waals surface area contributed by atoms with Crippen LogP contribution in [-0.2, 0) is 6.54 Å². The SMILES string of the molecule is c1ccc2nc(N3CCC4(CCCN4Cc4cnc[nH]4)CC3)cnc2c1. The Morgan fingerprint density at radius 1 is 1.00 bits per heavy atom. The minimum absolute atomic E-state index is 0.339. The lowest BCUT2D eigenvalue weighted by molar-refractivity contribution is 0.0985. The van der Waals surface area contributed by atoms with Crippen LogP contribution >= 0.6 is 0 Å². The number of rotatable bonds is 3. The van der Waals surface area contributed by atoms with Crippen LogP contribution in [0.15, 0.2) is 43.0 Å². The van der Waals surface area contributed by atoms with Gasteiger partial charge in [-0.2, -0.15) is 0 Å². The first kappa shape index (κ1) is 15.8. The molecule has 0 bridgehead atoms. The minimum atomic E-state index is 0.339. The first-order chi connectivity index (χ1) is 12.8. The predicted octanol–water partition coefficient (Wildman–Crippen LogP) is 2.99. The molecule has 0 atom stereocenters. The number of nitrogens with zero attached hydrogens (tertiary/aromatic N) is 5. The van der Waals surface area contributed by atoms with E-state index >= 15 is 0 Å². The maximum atomic E-state index is 4.83. The number of H-pyrrole nitrogens is 1. The summed E-state index contributed by atoms with van der Waals surface area (Å²) in [6, 6.07) is 8.09. The van der Waals surface area contributed by atoms with Crippen LogP contribution in [0.4, 0.5) is 5.82 Å². The number of aromatic amines is 1. The van der Waals surface area contributed by atoms with Gasteiger partial charge in [0.1, 0.15) is 5.82 Å². The number of benzene rings is 1. The van der Waals surface area contributed by atoms with Crippen molar-refractivity contribution in [2.75, 3.05) is 24.5 Å². The summed E-state index contributed by atoms with van der Waals surface area (Å²) < 4.78 is 0. The Morgan fingerprint density at radius 2 is 1.85 bits per heavy atom. The average molecular weight is 348 g/mol. The molecule has 0 amide bonds. The number of aromatic nitrogens is 4. The van der Waals surface area contributed by atoms with Crippen molar-refractivity contribution in [3.05, 3.63) is 48.7 Å². The van der Waals surface area contributed by atoms with E-state index in [0.717, 1.165) is 36.5 Å². The molecule has 0 aliphatic carbocycles. The molecule has 2 fully saturated rings. The van der Waals surface area contributed by atoms with E-state index < -0.39 is 0 Å². The van der Waals surface area contributed by atoms with Gasteiger partial charge in [0.15, 0.2) is 0 Å². The van der Waals surface area contributed by atoms with Crippen LogP contribution < -0.4 is 4.90 Å². The fourth-order valence-electron chi connectivity index (χ4n) is 4.64. The van der Waals surface area contributed by atoms with E-state index in [2.05, 4.69) is 24.8 Å². The largest absolute Gasteiger partial charge is 0.355 e. The molecule has 5 rings (SSSR count). The molecule has 0 unspecified atom stereocenters. The van der Waals surface area contributed by atoms with Crippen molar-refractivity contribution >= 4 is 16.9 Å². The average Bonchev–Trinajstić information content (AvgIpc) is 3.33. The molecule has 4 heterocycles. The van der Waals surface area contributed by atoms with Crippen molar-refractivity contribution in [1.29, 1.82) is 0 Å². The molecule has 26 heavy (non-hydrogen) atoms. The number of fused-ring (bicyclic) bond motifs is 1. The topological polar surface area (TPSA) is 60.9 Å². The number of nitrogens with one attached hydrogen (secondary N) is 1. The van der Waals surface area contributed by atoms with E-state index in [4.69, 9.17) is 4.98 Å². The molecule has 2 saturated heterocycles. The summed E-state index contributed by atoms with van der Waals surface area (Å²) >= 11 is 0. The molecule has 1 aromatic carbocycles. The van der Waals surface area contributed by atoms with Crippen LogP contribution in [0.2, 0.25) is 0 Å². The molecule has 2 aromatic heterocycles. The third kappa shape index (κ3) is 2.74. The highest BCUT2D eigenvalue weighted by atomic mass is 15.3. The van der Waals surface area contributed by atoms with Gasteiger partial charge >= 0.3 is 0 Å². The third-order valence-electron chi connectivity index (χ3n) is 6.11. The lowest BCUT2D eigenvalue weighted by Gasteiger charge is -2.45. The van der Waals surface area contributed by atoms with Gasteiger partial charge in [0.2, 0.25) is 0 Å². The lowest BCUT2D eigenvalue weighted by atomic mass is 9.85. The number of hydrogen-bond acceptors (Lipinski definition) is 5. The summed E-state index contributed by atoms with van der Waals surface area (Å²) in [5, 5.41) is 0. The maximum absolute atomic E-state index is 4.83.